The molecule has 2 aromatic heterocycles. The van der Waals surface area contributed by atoms with Crippen LogP contribution in [0.4, 0.5) is 20.4 Å². The highest BCUT2D eigenvalue weighted by Crippen LogP contribution is 2.12. The van der Waals surface area contributed by atoms with Gasteiger partial charge in [-0.2, -0.15) is 0 Å². The van der Waals surface area contributed by atoms with E-state index in [0.717, 1.165) is 17.9 Å². The third-order valence-corrected chi connectivity index (χ3v) is 3.11. The second-order valence-electron chi connectivity index (χ2n) is 4.82. The van der Waals surface area contributed by atoms with Gasteiger partial charge in [0.2, 0.25) is 0 Å². The summed E-state index contributed by atoms with van der Waals surface area (Å²) < 4.78 is 31.2. The molecule has 3 rings (SSSR count). The third kappa shape index (κ3) is 3.72. The van der Waals surface area contributed by atoms with Crippen LogP contribution in [0.25, 0.3) is 0 Å². The zero-order valence-corrected chi connectivity index (χ0v) is 12.3. The number of carbonyl (C=O) groups is 1. The molecule has 0 saturated carbocycles. The Bertz CT molecular complexity index is 836. The minimum absolute atomic E-state index is 0.0179. The topological polar surface area (TPSA) is 80.0 Å². The molecule has 0 aliphatic rings. The molecule has 6 nitrogen and oxygen atoms in total. The lowest BCUT2D eigenvalue weighted by atomic mass is 10.2. The van der Waals surface area contributed by atoms with Crippen LogP contribution < -0.4 is 10.6 Å². The van der Waals surface area contributed by atoms with E-state index in [0.29, 0.717) is 12.4 Å². The van der Waals surface area contributed by atoms with Crippen LogP contribution in [-0.2, 0) is 6.54 Å². The number of nitrogens with zero attached hydrogens (tertiary/aromatic N) is 2. The predicted octanol–water partition coefficient (Wildman–Crippen LogP) is 3.21. The molecular weight excluding hydrogens is 318 g/mol. The molecule has 0 atom stereocenters. The quantitative estimate of drug-likeness (QED) is 0.751. The first-order chi connectivity index (χ1) is 11.6. The Morgan fingerprint density at radius 2 is 1.83 bits per heavy atom. The molecule has 24 heavy (non-hydrogen) atoms. The lowest BCUT2D eigenvalue weighted by Gasteiger charge is -2.06. The van der Waals surface area contributed by atoms with Crippen molar-refractivity contribution in [3.8, 4) is 0 Å². The summed E-state index contributed by atoms with van der Waals surface area (Å²) >= 11 is 0. The van der Waals surface area contributed by atoms with Gasteiger partial charge in [0.1, 0.15) is 11.6 Å². The van der Waals surface area contributed by atoms with Gasteiger partial charge in [0.05, 0.1) is 12.8 Å². The molecule has 0 aliphatic heterocycles. The summed E-state index contributed by atoms with van der Waals surface area (Å²) in [5.41, 5.74) is -0.0179. The van der Waals surface area contributed by atoms with Crippen molar-refractivity contribution < 1.29 is 18.0 Å². The zero-order valence-electron chi connectivity index (χ0n) is 12.3. The Hall–Kier alpha value is -3.29. The van der Waals surface area contributed by atoms with Crippen LogP contribution in [0.5, 0.6) is 0 Å². The van der Waals surface area contributed by atoms with E-state index < -0.39 is 17.5 Å². The van der Waals surface area contributed by atoms with E-state index in [-0.39, 0.29) is 11.4 Å². The minimum atomic E-state index is -1.09. The molecule has 2 heterocycles. The number of hydrogen-bond acceptors (Lipinski definition) is 5. The summed E-state index contributed by atoms with van der Waals surface area (Å²) in [5, 5.41) is 13.2. The van der Waals surface area contributed by atoms with Crippen LogP contribution in [0.3, 0.4) is 0 Å². The fraction of sp³-hybridized carbons (Fsp3) is 0.0625. The normalized spacial score (nSPS) is 10.4. The number of benzene rings is 1. The van der Waals surface area contributed by atoms with Crippen molar-refractivity contribution in [2.45, 2.75) is 6.54 Å². The van der Waals surface area contributed by atoms with Crippen LogP contribution in [0.1, 0.15) is 16.1 Å². The molecule has 1 aromatic carbocycles. The zero-order chi connectivity index (χ0) is 16.9. The molecule has 1 amide bonds. The number of carbonyl (C=O) groups excluding carboxylic acids is 1. The molecule has 2 N–H and O–H groups in total. The SMILES string of the molecule is O=C(Nc1ccc(NCc2ccco2)nn1)c1ccc(F)c(F)c1. The molecule has 0 fully saturated rings. The van der Waals surface area contributed by atoms with E-state index in [1.807, 2.05) is 6.07 Å². The summed E-state index contributed by atoms with van der Waals surface area (Å²) in [6.45, 7) is 0.447. The average molecular weight is 330 g/mol. The summed E-state index contributed by atoms with van der Waals surface area (Å²) in [4.78, 5) is 11.9. The molecule has 0 spiro atoms. The Labute approximate surface area is 135 Å². The smallest absolute Gasteiger partial charge is 0.256 e. The average Bonchev–Trinajstić information content (AvgIpc) is 3.10. The highest BCUT2D eigenvalue weighted by atomic mass is 19.2. The van der Waals surface area contributed by atoms with Gasteiger partial charge in [0, 0.05) is 5.56 Å². The molecule has 0 aliphatic carbocycles. The number of rotatable bonds is 5. The van der Waals surface area contributed by atoms with Gasteiger partial charge >= 0.3 is 0 Å². The number of anilines is 2. The molecule has 0 saturated heterocycles. The van der Waals surface area contributed by atoms with E-state index in [9.17, 15) is 13.6 Å². The van der Waals surface area contributed by atoms with Crippen molar-refractivity contribution in [1.82, 2.24) is 10.2 Å². The van der Waals surface area contributed by atoms with Crippen molar-refractivity contribution in [3.05, 3.63) is 71.7 Å². The fourth-order valence-electron chi connectivity index (χ4n) is 1.91. The van der Waals surface area contributed by atoms with Gasteiger partial charge in [0.25, 0.3) is 5.91 Å². The number of furan rings is 1. The highest BCUT2D eigenvalue weighted by Gasteiger charge is 2.11. The van der Waals surface area contributed by atoms with Crippen molar-refractivity contribution in [2.24, 2.45) is 0 Å². The Balaban J connectivity index is 1.60. The van der Waals surface area contributed by atoms with Gasteiger partial charge in [0.15, 0.2) is 17.5 Å². The number of amides is 1. The maximum Gasteiger partial charge on any atom is 0.256 e. The fourth-order valence-corrected chi connectivity index (χ4v) is 1.91. The molecule has 0 radical (unpaired) electrons. The largest absolute Gasteiger partial charge is 0.467 e. The lowest BCUT2D eigenvalue weighted by Crippen LogP contribution is -2.14. The van der Waals surface area contributed by atoms with Crippen molar-refractivity contribution in [2.75, 3.05) is 10.6 Å². The Morgan fingerprint density at radius 3 is 2.50 bits per heavy atom. The summed E-state index contributed by atoms with van der Waals surface area (Å²) in [6, 6.07) is 9.64. The van der Waals surface area contributed by atoms with Gasteiger partial charge in [-0.05, 0) is 42.5 Å². The van der Waals surface area contributed by atoms with Crippen molar-refractivity contribution >= 4 is 17.5 Å². The second-order valence-corrected chi connectivity index (χ2v) is 4.82. The van der Waals surface area contributed by atoms with E-state index in [2.05, 4.69) is 20.8 Å². The van der Waals surface area contributed by atoms with Gasteiger partial charge in [-0.1, -0.05) is 0 Å². The standard InChI is InChI=1S/C16H12F2N4O2/c17-12-4-3-10(8-13(12)18)16(23)20-15-6-5-14(21-22-15)19-9-11-2-1-7-24-11/h1-8H,9H2,(H,19,21)(H,20,22,23). The number of halogens is 2. The summed E-state index contributed by atoms with van der Waals surface area (Å²) in [7, 11) is 0. The first-order valence-electron chi connectivity index (χ1n) is 6.98. The van der Waals surface area contributed by atoms with E-state index in [1.165, 1.54) is 12.1 Å². The third-order valence-electron chi connectivity index (χ3n) is 3.11. The van der Waals surface area contributed by atoms with Crippen molar-refractivity contribution in [3.63, 3.8) is 0 Å². The monoisotopic (exact) mass is 330 g/mol. The molecule has 3 aromatic rings. The van der Waals surface area contributed by atoms with E-state index in [4.69, 9.17) is 4.42 Å². The molecule has 8 heteroatoms. The van der Waals surface area contributed by atoms with Crippen LogP contribution >= 0.6 is 0 Å². The van der Waals surface area contributed by atoms with Gasteiger partial charge < -0.3 is 15.1 Å². The van der Waals surface area contributed by atoms with Crippen LogP contribution in [0.15, 0.2) is 53.1 Å². The first-order valence-corrected chi connectivity index (χ1v) is 6.98. The van der Waals surface area contributed by atoms with Crippen LogP contribution in [0, 0.1) is 11.6 Å². The van der Waals surface area contributed by atoms with Crippen LogP contribution in [0.2, 0.25) is 0 Å². The maximum absolute atomic E-state index is 13.1. The number of aromatic nitrogens is 2. The summed E-state index contributed by atoms with van der Waals surface area (Å²) in [5.74, 6) is -1.29. The number of hydrogen-bond donors (Lipinski definition) is 2. The first kappa shape index (κ1) is 15.6. The summed E-state index contributed by atoms with van der Waals surface area (Å²) in [6.07, 6.45) is 1.57. The molecule has 0 bridgehead atoms. The molecule has 122 valence electrons. The predicted molar refractivity (Wildman–Crippen MR) is 82.4 cm³/mol. The number of nitrogens with one attached hydrogen (secondary N) is 2. The van der Waals surface area contributed by atoms with Gasteiger partial charge in [-0.15, -0.1) is 10.2 Å². The highest BCUT2D eigenvalue weighted by molar-refractivity contribution is 6.03. The van der Waals surface area contributed by atoms with Crippen LogP contribution in [-0.4, -0.2) is 16.1 Å². The van der Waals surface area contributed by atoms with Crippen molar-refractivity contribution in [1.29, 1.82) is 0 Å². The van der Waals surface area contributed by atoms with E-state index in [1.54, 1.807) is 18.4 Å². The lowest BCUT2D eigenvalue weighted by molar-refractivity contribution is 0.102. The van der Waals surface area contributed by atoms with Gasteiger partial charge in [-0.3, -0.25) is 4.79 Å². The minimum Gasteiger partial charge on any atom is -0.467 e. The Kier molecular flexibility index (Phi) is 4.46. The Morgan fingerprint density at radius 1 is 1.04 bits per heavy atom. The molecular formula is C16H12F2N4O2. The maximum atomic E-state index is 13.1. The van der Waals surface area contributed by atoms with Gasteiger partial charge in [-0.25, -0.2) is 8.78 Å². The molecule has 0 unspecified atom stereocenters. The second kappa shape index (κ2) is 6.86. The van der Waals surface area contributed by atoms with E-state index >= 15 is 0 Å².